The Morgan fingerprint density at radius 3 is 2.86 bits per heavy atom. The highest BCUT2D eigenvalue weighted by molar-refractivity contribution is 7.91. The number of isocyanates is 1. The van der Waals surface area contributed by atoms with E-state index in [0.717, 1.165) is 10.4 Å². The standard InChI is InChI=1S/C10H10ClN3O5S2/c11-10-8(14(16)17)4-9(20-10)21(18,19)13-3-1-2-7(5-13)12-6-15/h4,7H,1-3,5H2. The van der Waals surface area contributed by atoms with Crippen LogP contribution in [0, 0.1) is 10.1 Å². The Kier molecular flexibility index (Phi) is 4.74. The molecular weight excluding hydrogens is 342 g/mol. The number of sulfonamides is 1. The minimum Gasteiger partial charge on any atom is -0.258 e. The largest absolute Gasteiger partial charge is 0.300 e. The van der Waals surface area contributed by atoms with Crippen LogP contribution in [0.4, 0.5) is 5.69 Å². The summed E-state index contributed by atoms with van der Waals surface area (Å²) in [7, 11) is -3.88. The first-order valence-electron chi connectivity index (χ1n) is 5.87. The topological polar surface area (TPSA) is 110 Å². The van der Waals surface area contributed by atoms with Gasteiger partial charge in [0.15, 0.2) is 4.34 Å². The van der Waals surface area contributed by atoms with E-state index in [-0.39, 0.29) is 21.6 Å². The maximum absolute atomic E-state index is 12.4. The Labute approximate surface area is 129 Å². The molecule has 1 saturated heterocycles. The van der Waals surface area contributed by atoms with Gasteiger partial charge in [-0.25, -0.2) is 18.2 Å². The molecule has 0 radical (unpaired) electrons. The normalized spacial score (nSPS) is 20.0. The molecule has 2 heterocycles. The molecule has 1 fully saturated rings. The molecule has 0 aliphatic carbocycles. The van der Waals surface area contributed by atoms with Crippen molar-refractivity contribution in [1.82, 2.24) is 4.31 Å². The molecule has 0 aromatic carbocycles. The fourth-order valence-electron chi connectivity index (χ4n) is 2.04. The fraction of sp³-hybridized carbons (Fsp3) is 0.500. The highest BCUT2D eigenvalue weighted by Gasteiger charge is 2.33. The van der Waals surface area contributed by atoms with Crippen molar-refractivity contribution in [1.29, 1.82) is 0 Å². The number of thiophene rings is 1. The predicted molar refractivity (Wildman–Crippen MR) is 75.9 cm³/mol. The summed E-state index contributed by atoms with van der Waals surface area (Å²) in [6, 6.07) is 0.519. The summed E-state index contributed by atoms with van der Waals surface area (Å²) in [4.78, 5) is 23.8. The van der Waals surface area contributed by atoms with Crippen LogP contribution in [0.5, 0.6) is 0 Å². The monoisotopic (exact) mass is 351 g/mol. The van der Waals surface area contributed by atoms with E-state index in [0.29, 0.717) is 24.2 Å². The Morgan fingerprint density at radius 2 is 2.29 bits per heavy atom. The van der Waals surface area contributed by atoms with Gasteiger partial charge in [-0.3, -0.25) is 10.1 Å². The summed E-state index contributed by atoms with van der Waals surface area (Å²) in [6.45, 7) is 0.331. The van der Waals surface area contributed by atoms with Crippen LogP contribution < -0.4 is 0 Å². The molecule has 0 amide bonds. The summed E-state index contributed by atoms with van der Waals surface area (Å²) in [6.07, 6.45) is 2.58. The van der Waals surface area contributed by atoms with E-state index in [9.17, 15) is 23.3 Å². The Bertz CT molecular complexity index is 710. The molecule has 0 spiro atoms. The lowest BCUT2D eigenvalue weighted by molar-refractivity contribution is -0.384. The lowest BCUT2D eigenvalue weighted by Crippen LogP contribution is -2.41. The van der Waals surface area contributed by atoms with Crippen LogP contribution in [0.1, 0.15) is 12.8 Å². The zero-order valence-corrected chi connectivity index (χ0v) is 12.9. The second-order valence-electron chi connectivity index (χ2n) is 4.36. The van der Waals surface area contributed by atoms with Crippen LogP contribution in [0.15, 0.2) is 15.3 Å². The number of hydrogen-bond donors (Lipinski definition) is 0. The number of rotatable bonds is 4. The molecule has 1 aliphatic heterocycles. The van der Waals surface area contributed by atoms with Crippen LogP contribution >= 0.6 is 22.9 Å². The van der Waals surface area contributed by atoms with E-state index >= 15 is 0 Å². The number of nitrogens with zero attached hydrogens (tertiary/aromatic N) is 3. The van der Waals surface area contributed by atoms with Crippen molar-refractivity contribution in [2.45, 2.75) is 23.1 Å². The van der Waals surface area contributed by atoms with E-state index in [1.165, 1.54) is 6.08 Å². The number of halogens is 1. The predicted octanol–water partition coefficient (Wildman–Crippen LogP) is 1.80. The number of nitro groups is 1. The van der Waals surface area contributed by atoms with Gasteiger partial charge in [0.05, 0.1) is 11.0 Å². The smallest absolute Gasteiger partial charge is 0.258 e. The second kappa shape index (κ2) is 6.20. The van der Waals surface area contributed by atoms with Gasteiger partial charge >= 0.3 is 0 Å². The fourth-order valence-corrected chi connectivity index (χ4v) is 5.37. The Balaban J connectivity index is 2.31. The van der Waals surface area contributed by atoms with Gasteiger partial charge in [0.1, 0.15) is 4.21 Å². The molecule has 21 heavy (non-hydrogen) atoms. The highest BCUT2D eigenvalue weighted by atomic mass is 35.5. The van der Waals surface area contributed by atoms with Crippen molar-refractivity contribution in [3.63, 3.8) is 0 Å². The lowest BCUT2D eigenvalue weighted by Gasteiger charge is -2.28. The van der Waals surface area contributed by atoms with E-state index < -0.39 is 26.7 Å². The average Bonchev–Trinajstić information content (AvgIpc) is 2.82. The molecule has 1 aliphatic rings. The minimum atomic E-state index is -3.88. The Morgan fingerprint density at radius 1 is 1.57 bits per heavy atom. The molecule has 0 N–H and O–H groups in total. The first-order valence-corrected chi connectivity index (χ1v) is 8.50. The van der Waals surface area contributed by atoms with Crippen molar-refractivity contribution in [3.8, 4) is 0 Å². The number of hydrogen-bond acceptors (Lipinski definition) is 7. The first-order chi connectivity index (χ1) is 9.86. The van der Waals surface area contributed by atoms with Gasteiger partial charge in [-0.1, -0.05) is 11.6 Å². The molecule has 1 atom stereocenters. The van der Waals surface area contributed by atoms with Gasteiger partial charge in [-0.15, -0.1) is 11.3 Å². The SMILES string of the molecule is O=C=NC1CCCN(S(=O)(=O)c2cc([N+](=O)[O-])c(Cl)s2)C1. The van der Waals surface area contributed by atoms with Gasteiger partial charge in [-0.05, 0) is 12.8 Å². The third-order valence-electron chi connectivity index (χ3n) is 3.03. The van der Waals surface area contributed by atoms with E-state index in [1.807, 2.05) is 0 Å². The first kappa shape index (κ1) is 16.1. The van der Waals surface area contributed by atoms with E-state index in [1.54, 1.807) is 0 Å². The van der Waals surface area contributed by atoms with Crippen LogP contribution in [-0.4, -0.2) is 42.9 Å². The van der Waals surface area contributed by atoms with Crippen molar-refractivity contribution in [2.24, 2.45) is 4.99 Å². The second-order valence-corrected chi connectivity index (χ2v) is 8.18. The van der Waals surface area contributed by atoms with Gasteiger partial charge in [0.25, 0.3) is 15.7 Å². The third-order valence-corrected chi connectivity index (χ3v) is 6.68. The van der Waals surface area contributed by atoms with Crippen molar-refractivity contribution < 1.29 is 18.1 Å². The summed E-state index contributed by atoms with van der Waals surface area (Å²) in [5, 5.41) is 10.7. The van der Waals surface area contributed by atoms with Crippen molar-refractivity contribution in [2.75, 3.05) is 13.1 Å². The molecule has 1 aromatic heterocycles. The maximum atomic E-state index is 12.4. The van der Waals surface area contributed by atoms with Crippen LogP contribution in [0.25, 0.3) is 0 Å². The molecule has 1 unspecified atom stereocenters. The molecular formula is C10H10ClN3O5S2. The summed E-state index contributed by atoms with van der Waals surface area (Å²) in [5.41, 5.74) is -0.431. The highest BCUT2D eigenvalue weighted by Crippen LogP contribution is 2.38. The number of aliphatic imine (C=N–C) groups is 1. The van der Waals surface area contributed by atoms with Crippen LogP contribution in [0.3, 0.4) is 0 Å². The molecule has 0 bridgehead atoms. The van der Waals surface area contributed by atoms with Crippen LogP contribution in [-0.2, 0) is 14.8 Å². The molecule has 2 rings (SSSR count). The summed E-state index contributed by atoms with van der Waals surface area (Å²) < 4.78 is 25.7. The van der Waals surface area contributed by atoms with Crippen molar-refractivity contribution in [3.05, 3.63) is 20.5 Å². The van der Waals surface area contributed by atoms with Crippen molar-refractivity contribution >= 4 is 44.7 Å². The average molecular weight is 352 g/mol. The van der Waals surface area contributed by atoms with Crippen LogP contribution in [0.2, 0.25) is 4.34 Å². The quantitative estimate of drug-likeness (QED) is 0.355. The summed E-state index contributed by atoms with van der Waals surface area (Å²) >= 11 is 6.33. The van der Waals surface area contributed by atoms with Gasteiger partial charge in [0.2, 0.25) is 6.08 Å². The van der Waals surface area contributed by atoms with Gasteiger partial charge in [-0.2, -0.15) is 4.31 Å². The molecule has 114 valence electrons. The zero-order chi connectivity index (χ0) is 15.6. The summed E-state index contributed by atoms with van der Waals surface area (Å²) in [5.74, 6) is 0. The minimum absolute atomic E-state index is 0.0564. The maximum Gasteiger partial charge on any atom is 0.300 e. The van der Waals surface area contributed by atoms with E-state index in [4.69, 9.17) is 11.6 Å². The lowest BCUT2D eigenvalue weighted by atomic mass is 10.1. The molecule has 8 nitrogen and oxygen atoms in total. The zero-order valence-electron chi connectivity index (χ0n) is 10.6. The molecule has 11 heteroatoms. The number of carbonyl (C=O) groups excluding carboxylic acids is 1. The third kappa shape index (κ3) is 3.30. The molecule has 1 aromatic rings. The van der Waals surface area contributed by atoms with E-state index in [2.05, 4.69) is 4.99 Å². The molecule has 0 saturated carbocycles. The Hall–Kier alpha value is -1.32. The van der Waals surface area contributed by atoms with Gasteiger partial charge < -0.3 is 0 Å². The van der Waals surface area contributed by atoms with Gasteiger partial charge in [0, 0.05) is 19.2 Å². The number of piperidine rings is 1.